The first-order chi connectivity index (χ1) is 16.6. The van der Waals surface area contributed by atoms with Gasteiger partial charge in [-0.15, -0.1) is 0 Å². The molecule has 2 heterocycles. The zero-order chi connectivity index (χ0) is 23.5. The summed E-state index contributed by atoms with van der Waals surface area (Å²) in [7, 11) is 2.09. The van der Waals surface area contributed by atoms with Crippen molar-refractivity contribution in [2.75, 3.05) is 18.6 Å². The molecule has 1 aliphatic carbocycles. The molecule has 0 radical (unpaired) electrons. The summed E-state index contributed by atoms with van der Waals surface area (Å²) in [5, 5.41) is 9.45. The van der Waals surface area contributed by atoms with E-state index in [4.69, 9.17) is 4.74 Å². The predicted octanol–water partition coefficient (Wildman–Crippen LogP) is 6.39. The van der Waals surface area contributed by atoms with Crippen molar-refractivity contribution < 1.29 is 14.6 Å². The number of nitrogens with zero attached hydrogens (tertiary/aromatic N) is 2. The third kappa shape index (κ3) is 5.09. The molecule has 34 heavy (non-hydrogen) atoms. The Hall–Kier alpha value is -3.34. The average Bonchev–Trinajstić information content (AvgIpc) is 3.70. The number of ether oxygens (including phenoxy) is 1. The Kier molecular flexibility index (Phi) is 6.52. The van der Waals surface area contributed by atoms with Crippen LogP contribution in [0.25, 0.3) is 0 Å². The molecule has 0 amide bonds. The van der Waals surface area contributed by atoms with Crippen LogP contribution in [0.4, 0.5) is 11.4 Å². The van der Waals surface area contributed by atoms with Gasteiger partial charge in [0, 0.05) is 36.9 Å². The summed E-state index contributed by atoms with van der Waals surface area (Å²) in [5.74, 6) is 1.35. The van der Waals surface area contributed by atoms with E-state index in [0.29, 0.717) is 24.5 Å². The van der Waals surface area contributed by atoms with Crippen LogP contribution in [0.5, 0.6) is 5.75 Å². The number of anilines is 2. The zero-order valence-electron chi connectivity index (χ0n) is 19.7. The minimum Gasteiger partial charge on any atom is -0.493 e. The number of hydrogen-bond acceptors (Lipinski definition) is 4. The summed E-state index contributed by atoms with van der Waals surface area (Å²) in [6.45, 7) is 0.680. The molecule has 1 aliphatic heterocycles. The highest BCUT2D eigenvalue weighted by Gasteiger charge is 2.23. The van der Waals surface area contributed by atoms with Crippen molar-refractivity contribution in [2.24, 2.45) is 5.92 Å². The third-order valence-electron chi connectivity index (χ3n) is 7.31. The molecule has 0 unspecified atom stereocenters. The highest BCUT2D eigenvalue weighted by molar-refractivity contribution is 5.89. The largest absolute Gasteiger partial charge is 0.493 e. The van der Waals surface area contributed by atoms with Crippen molar-refractivity contribution in [3.63, 3.8) is 0 Å². The number of aromatic nitrogens is 1. The first-order valence-electron chi connectivity index (χ1n) is 12.3. The number of rotatable bonds is 9. The smallest absolute Gasteiger partial charge is 0.336 e. The van der Waals surface area contributed by atoms with E-state index in [-0.39, 0.29) is 0 Å². The molecule has 1 N–H and O–H groups in total. The van der Waals surface area contributed by atoms with E-state index < -0.39 is 5.97 Å². The highest BCUT2D eigenvalue weighted by Crippen LogP contribution is 2.40. The van der Waals surface area contributed by atoms with Crippen molar-refractivity contribution in [2.45, 2.75) is 50.9 Å². The molecule has 1 atom stereocenters. The molecule has 0 saturated heterocycles. The van der Waals surface area contributed by atoms with Crippen LogP contribution in [0.15, 0.2) is 60.9 Å². The topological polar surface area (TPSA) is 62.7 Å². The van der Waals surface area contributed by atoms with Crippen LogP contribution in [0.3, 0.4) is 0 Å². The fourth-order valence-corrected chi connectivity index (χ4v) is 4.94. The molecule has 1 saturated carbocycles. The molecule has 2 aromatic carbocycles. The Bertz CT molecular complexity index is 1150. The molecule has 5 nitrogen and oxygen atoms in total. The normalized spacial score (nSPS) is 17.0. The molecule has 1 aromatic heterocycles. The molecule has 0 bridgehead atoms. The molecular weight excluding hydrogens is 424 g/mol. The number of aryl methyl sites for hydroxylation is 2. The second-order valence-electron chi connectivity index (χ2n) is 9.64. The minimum absolute atomic E-state index is 0.343. The van der Waals surface area contributed by atoms with Crippen LogP contribution in [0, 0.1) is 5.92 Å². The van der Waals surface area contributed by atoms with Gasteiger partial charge in [-0.3, -0.25) is 4.98 Å². The van der Waals surface area contributed by atoms with Crippen molar-refractivity contribution in [1.82, 2.24) is 4.98 Å². The van der Waals surface area contributed by atoms with E-state index in [9.17, 15) is 9.90 Å². The van der Waals surface area contributed by atoms with E-state index >= 15 is 0 Å². The Labute approximate surface area is 201 Å². The van der Waals surface area contributed by atoms with E-state index in [1.165, 1.54) is 48.7 Å². The first kappa shape index (κ1) is 22.5. The standard InChI is InChI=1S/C29H32N2O3/c1-31(24-10-6-21(7-11-24)5-4-20-2-3-20)25-12-13-26-22(15-17-34-28(26)18-25)8-9-23-19-30-16-14-27(23)29(32)33/h6-7,10-14,16,18-20,22H,2-5,8-9,15,17H2,1H3,(H,32,33)/t22-/m1/s1. The maximum Gasteiger partial charge on any atom is 0.336 e. The minimum atomic E-state index is -0.895. The van der Waals surface area contributed by atoms with Crippen molar-refractivity contribution in [3.05, 3.63) is 83.2 Å². The molecule has 5 rings (SSSR count). The summed E-state index contributed by atoms with van der Waals surface area (Å²) in [5.41, 5.74) is 6.03. The molecule has 5 heteroatoms. The van der Waals surface area contributed by atoms with Gasteiger partial charge in [0.05, 0.1) is 12.2 Å². The van der Waals surface area contributed by atoms with E-state index in [0.717, 1.165) is 35.8 Å². The average molecular weight is 457 g/mol. The lowest BCUT2D eigenvalue weighted by molar-refractivity contribution is 0.0695. The number of pyridine rings is 1. The van der Waals surface area contributed by atoms with Crippen LogP contribution >= 0.6 is 0 Å². The van der Waals surface area contributed by atoms with Crippen LogP contribution in [-0.2, 0) is 12.8 Å². The SMILES string of the molecule is CN(c1ccc(CCC2CC2)cc1)c1ccc2c(c1)OCC[C@H]2CCc1cnccc1C(=O)O. The number of carbonyl (C=O) groups is 1. The first-order valence-corrected chi connectivity index (χ1v) is 12.3. The number of carboxylic acid groups (broad SMARTS) is 1. The molecule has 1 fully saturated rings. The van der Waals surface area contributed by atoms with Crippen molar-refractivity contribution in [3.8, 4) is 5.75 Å². The summed E-state index contributed by atoms with van der Waals surface area (Å²) in [6, 6.07) is 17.0. The molecule has 0 spiro atoms. The van der Waals surface area contributed by atoms with Crippen molar-refractivity contribution in [1.29, 1.82) is 0 Å². The lowest BCUT2D eigenvalue weighted by Crippen LogP contribution is -2.17. The Morgan fingerprint density at radius 3 is 2.59 bits per heavy atom. The summed E-state index contributed by atoms with van der Waals surface area (Å²) in [6.07, 6.45) is 11.0. The number of fused-ring (bicyclic) bond motifs is 1. The van der Waals surface area contributed by atoms with Crippen LogP contribution in [0.2, 0.25) is 0 Å². The quantitative estimate of drug-likeness (QED) is 0.404. The monoisotopic (exact) mass is 456 g/mol. The lowest BCUT2D eigenvalue weighted by atomic mass is 9.87. The van der Waals surface area contributed by atoms with E-state index in [2.05, 4.69) is 59.4 Å². The van der Waals surface area contributed by atoms with Gasteiger partial charge >= 0.3 is 5.97 Å². The van der Waals surface area contributed by atoms with Gasteiger partial charge in [0.15, 0.2) is 0 Å². The zero-order valence-corrected chi connectivity index (χ0v) is 19.7. The van der Waals surface area contributed by atoms with Gasteiger partial charge in [-0.25, -0.2) is 4.79 Å². The Morgan fingerprint density at radius 2 is 1.82 bits per heavy atom. The molecular formula is C29H32N2O3. The van der Waals surface area contributed by atoms with Crippen LogP contribution in [0.1, 0.15) is 65.1 Å². The van der Waals surface area contributed by atoms with Gasteiger partial charge in [0.25, 0.3) is 0 Å². The number of benzene rings is 2. The summed E-state index contributed by atoms with van der Waals surface area (Å²) in [4.78, 5) is 17.8. The Morgan fingerprint density at radius 1 is 1.03 bits per heavy atom. The van der Waals surface area contributed by atoms with Gasteiger partial charge in [-0.1, -0.05) is 31.0 Å². The van der Waals surface area contributed by atoms with Gasteiger partial charge in [0.2, 0.25) is 0 Å². The Balaban J connectivity index is 1.27. The predicted molar refractivity (Wildman–Crippen MR) is 134 cm³/mol. The van der Waals surface area contributed by atoms with E-state index in [1.54, 1.807) is 12.3 Å². The van der Waals surface area contributed by atoms with E-state index in [1.807, 2.05) is 0 Å². The highest BCUT2D eigenvalue weighted by atomic mass is 16.5. The second kappa shape index (κ2) is 9.88. The number of hydrogen-bond donors (Lipinski definition) is 1. The van der Waals surface area contributed by atoms with Crippen molar-refractivity contribution >= 4 is 17.3 Å². The fraction of sp³-hybridized carbons (Fsp3) is 0.379. The second-order valence-corrected chi connectivity index (χ2v) is 9.64. The van der Waals surface area contributed by atoms with Gasteiger partial charge < -0.3 is 14.7 Å². The molecule has 3 aromatic rings. The molecule has 176 valence electrons. The van der Waals surface area contributed by atoms with Gasteiger partial charge in [-0.2, -0.15) is 0 Å². The van der Waals surface area contributed by atoms with Gasteiger partial charge in [-0.05, 0) is 84.9 Å². The summed E-state index contributed by atoms with van der Waals surface area (Å²) < 4.78 is 6.04. The van der Waals surface area contributed by atoms with Crippen LogP contribution < -0.4 is 9.64 Å². The number of carboxylic acids is 1. The maximum absolute atomic E-state index is 11.5. The molecule has 2 aliphatic rings. The number of aromatic carboxylic acids is 1. The van der Waals surface area contributed by atoms with Gasteiger partial charge in [0.1, 0.15) is 5.75 Å². The fourth-order valence-electron chi connectivity index (χ4n) is 4.94. The third-order valence-corrected chi connectivity index (χ3v) is 7.31. The summed E-state index contributed by atoms with van der Waals surface area (Å²) >= 11 is 0. The lowest BCUT2D eigenvalue weighted by Gasteiger charge is -2.28. The van der Waals surface area contributed by atoms with Crippen LogP contribution in [-0.4, -0.2) is 29.7 Å². The maximum atomic E-state index is 11.5.